The minimum atomic E-state index is -1.02. The van der Waals surface area contributed by atoms with Gasteiger partial charge in [0.1, 0.15) is 6.10 Å². The molecule has 1 N–H and O–H groups in total. The lowest BCUT2D eigenvalue weighted by atomic mass is 9.81. The molecule has 0 aromatic rings. The number of carbonyl (C=O) groups excluding carboxylic acids is 2. The van der Waals surface area contributed by atoms with Crippen molar-refractivity contribution >= 4 is 11.8 Å². The summed E-state index contributed by atoms with van der Waals surface area (Å²) >= 11 is 0. The molecule has 0 aromatic heterocycles. The normalized spacial score (nSPS) is 30.2. The Balaban J connectivity index is 2.77. The molecule has 1 fully saturated rings. The number of esters is 1. The van der Waals surface area contributed by atoms with Crippen LogP contribution in [0.4, 0.5) is 0 Å². The highest BCUT2D eigenvalue weighted by Crippen LogP contribution is 2.40. The smallest absolute Gasteiger partial charge is 0.315 e. The van der Waals surface area contributed by atoms with Crippen LogP contribution >= 0.6 is 0 Å². The third kappa shape index (κ3) is 3.25. The fraction of sp³-hybridized carbons (Fsp3) is 0.500. The highest BCUT2D eigenvalue weighted by Gasteiger charge is 2.56. The van der Waals surface area contributed by atoms with Gasteiger partial charge >= 0.3 is 5.97 Å². The topological polar surface area (TPSA) is 63.6 Å². The fourth-order valence-corrected chi connectivity index (χ4v) is 1.97. The molecule has 1 saturated heterocycles. The lowest BCUT2D eigenvalue weighted by Crippen LogP contribution is -2.40. The van der Waals surface area contributed by atoms with E-state index < -0.39 is 23.1 Å². The zero-order valence-corrected chi connectivity index (χ0v) is 12.6. The van der Waals surface area contributed by atoms with Gasteiger partial charge < -0.3 is 9.84 Å². The van der Waals surface area contributed by atoms with Gasteiger partial charge in [-0.05, 0) is 46.3 Å². The molecule has 1 aliphatic rings. The molecule has 110 valence electrons. The van der Waals surface area contributed by atoms with Crippen LogP contribution in [0.3, 0.4) is 0 Å². The van der Waals surface area contributed by atoms with Crippen molar-refractivity contribution in [3.8, 4) is 0 Å². The predicted molar refractivity (Wildman–Crippen MR) is 77.0 cm³/mol. The summed E-state index contributed by atoms with van der Waals surface area (Å²) < 4.78 is 5.26. The second-order valence-electron chi connectivity index (χ2n) is 5.85. The molecule has 1 rings (SSSR count). The number of allylic oxidation sites excluding steroid dienone is 5. The van der Waals surface area contributed by atoms with Gasteiger partial charge in [0, 0.05) is 0 Å². The number of Topliss-reactive ketones (excluding diaryl/α,β-unsaturated/α-hetero) is 1. The van der Waals surface area contributed by atoms with Gasteiger partial charge in [-0.3, -0.25) is 9.59 Å². The molecule has 4 heteroatoms. The van der Waals surface area contributed by atoms with Gasteiger partial charge in [-0.25, -0.2) is 0 Å². The van der Waals surface area contributed by atoms with Gasteiger partial charge in [-0.2, -0.15) is 0 Å². The maximum atomic E-state index is 11.7. The summed E-state index contributed by atoms with van der Waals surface area (Å²) in [6, 6.07) is 0. The lowest BCUT2D eigenvalue weighted by Gasteiger charge is -2.25. The van der Waals surface area contributed by atoms with Crippen molar-refractivity contribution in [2.24, 2.45) is 5.41 Å². The van der Waals surface area contributed by atoms with Crippen molar-refractivity contribution in [2.75, 3.05) is 0 Å². The van der Waals surface area contributed by atoms with Crippen molar-refractivity contribution in [1.29, 1.82) is 0 Å². The molecule has 0 spiro atoms. The zero-order chi connectivity index (χ0) is 15.6. The summed E-state index contributed by atoms with van der Waals surface area (Å²) in [5.41, 5.74) is -1.27. The van der Waals surface area contributed by atoms with E-state index >= 15 is 0 Å². The van der Waals surface area contributed by atoms with E-state index in [4.69, 9.17) is 4.74 Å². The molecule has 1 heterocycles. The molecule has 0 saturated carbocycles. The largest absolute Gasteiger partial charge is 0.452 e. The summed E-state index contributed by atoms with van der Waals surface area (Å²) in [5.74, 6) is -0.388. The molecular formula is C16H22O4. The predicted octanol–water partition coefficient (Wildman–Crippen LogP) is 2.34. The summed E-state index contributed by atoms with van der Waals surface area (Å²) in [5, 5.41) is 10.2. The number of aliphatic hydroxyl groups excluding tert-OH is 1. The van der Waals surface area contributed by atoms with E-state index in [0.29, 0.717) is 5.57 Å². The van der Waals surface area contributed by atoms with Crippen molar-refractivity contribution in [1.82, 2.24) is 0 Å². The molecule has 1 aliphatic heterocycles. The summed E-state index contributed by atoms with van der Waals surface area (Å²) in [6.45, 7) is 8.24. The van der Waals surface area contributed by atoms with Crippen LogP contribution in [0.2, 0.25) is 0 Å². The Morgan fingerprint density at radius 2 is 1.80 bits per heavy atom. The summed E-state index contributed by atoms with van der Waals surface area (Å²) in [7, 11) is 0. The van der Waals surface area contributed by atoms with Crippen LogP contribution in [-0.4, -0.2) is 28.6 Å². The van der Waals surface area contributed by atoms with Crippen LogP contribution in [-0.2, 0) is 14.3 Å². The van der Waals surface area contributed by atoms with E-state index in [2.05, 4.69) is 0 Å². The van der Waals surface area contributed by atoms with Gasteiger partial charge in [-0.15, -0.1) is 0 Å². The number of rotatable bonds is 4. The van der Waals surface area contributed by atoms with Crippen molar-refractivity contribution in [3.05, 3.63) is 36.0 Å². The van der Waals surface area contributed by atoms with Crippen LogP contribution in [0.15, 0.2) is 36.0 Å². The van der Waals surface area contributed by atoms with Crippen LogP contribution < -0.4 is 0 Å². The minimum absolute atomic E-state index is 0.0208. The Morgan fingerprint density at radius 1 is 1.20 bits per heavy atom. The van der Waals surface area contributed by atoms with Crippen LogP contribution in [0.5, 0.6) is 0 Å². The number of ether oxygens (including phenoxy) is 1. The van der Waals surface area contributed by atoms with Crippen molar-refractivity contribution < 1.29 is 19.4 Å². The Bertz CT molecular complexity index is 497. The molecule has 0 amide bonds. The molecule has 0 unspecified atom stereocenters. The molecule has 4 nitrogen and oxygen atoms in total. The number of hydrogen-bond acceptors (Lipinski definition) is 4. The molecule has 0 aliphatic carbocycles. The number of cyclic esters (lactones) is 1. The summed E-state index contributed by atoms with van der Waals surface area (Å²) in [4.78, 5) is 22.7. The van der Waals surface area contributed by atoms with E-state index in [0.717, 1.165) is 0 Å². The van der Waals surface area contributed by atoms with Gasteiger partial charge in [0.15, 0.2) is 11.4 Å². The molecule has 0 radical (unpaired) electrons. The maximum absolute atomic E-state index is 11.7. The first-order valence-corrected chi connectivity index (χ1v) is 6.56. The van der Waals surface area contributed by atoms with E-state index in [9.17, 15) is 14.7 Å². The minimum Gasteiger partial charge on any atom is -0.452 e. The standard InChI is InChI=1S/C16H22O4/c1-11(12(2)17)9-7-6-8-10-16(5)13(18)15(3,4)14(19)20-16/h6-10,13,18H,1-5H3/t13-,16-/m1/s1. The number of aliphatic hydroxyl groups is 1. The van der Waals surface area contributed by atoms with E-state index in [1.165, 1.54) is 6.92 Å². The second-order valence-corrected chi connectivity index (χ2v) is 5.85. The van der Waals surface area contributed by atoms with E-state index in [-0.39, 0.29) is 5.78 Å². The van der Waals surface area contributed by atoms with Crippen LogP contribution in [0, 0.1) is 5.41 Å². The van der Waals surface area contributed by atoms with Crippen LogP contribution in [0.25, 0.3) is 0 Å². The highest BCUT2D eigenvalue weighted by atomic mass is 16.6. The average Bonchev–Trinajstić information content (AvgIpc) is 2.50. The Morgan fingerprint density at radius 3 is 2.25 bits per heavy atom. The molecule has 0 bridgehead atoms. The third-order valence-corrected chi connectivity index (χ3v) is 3.62. The fourth-order valence-electron chi connectivity index (χ4n) is 1.97. The number of hydrogen-bond donors (Lipinski definition) is 1. The third-order valence-electron chi connectivity index (χ3n) is 3.62. The molecule has 0 aromatic carbocycles. The Labute approximate surface area is 119 Å². The second kappa shape index (κ2) is 5.75. The SMILES string of the molecule is CC(=O)C(C)=CC=CC=C[C@@]1(C)OC(=O)C(C)(C)[C@H]1O. The zero-order valence-electron chi connectivity index (χ0n) is 12.6. The molecule has 20 heavy (non-hydrogen) atoms. The van der Waals surface area contributed by atoms with Crippen molar-refractivity contribution in [3.63, 3.8) is 0 Å². The van der Waals surface area contributed by atoms with Gasteiger partial charge in [0.05, 0.1) is 5.41 Å². The van der Waals surface area contributed by atoms with E-state index in [1.54, 1.807) is 58.1 Å². The number of ketones is 1. The maximum Gasteiger partial charge on any atom is 0.315 e. The Hall–Kier alpha value is -1.68. The van der Waals surface area contributed by atoms with Crippen LogP contribution in [0.1, 0.15) is 34.6 Å². The first-order valence-electron chi connectivity index (χ1n) is 6.56. The van der Waals surface area contributed by atoms with Gasteiger partial charge in [0.2, 0.25) is 0 Å². The van der Waals surface area contributed by atoms with Crippen molar-refractivity contribution in [2.45, 2.75) is 46.3 Å². The lowest BCUT2D eigenvalue weighted by molar-refractivity contribution is -0.149. The van der Waals surface area contributed by atoms with E-state index in [1.807, 2.05) is 0 Å². The quantitative estimate of drug-likeness (QED) is 0.487. The number of carbonyl (C=O) groups is 2. The highest BCUT2D eigenvalue weighted by molar-refractivity contribution is 5.92. The monoisotopic (exact) mass is 278 g/mol. The summed E-state index contributed by atoms with van der Waals surface area (Å²) in [6.07, 6.45) is 7.60. The van der Waals surface area contributed by atoms with Gasteiger partial charge in [-0.1, -0.05) is 24.3 Å². The Kier molecular flexibility index (Phi) is 4.71. The average molecular weight is 278 g/mol. The first kappa shape index (κ1) is 16.4. The molecular weight excluding hydrogens is 256 g/mol. The molecule has 2 atom stereocenters. The van der Waals surface area contributed by atoms with Gasteiger partial charge in [0.25, 0.3) is 0 Å². The first-order chi connectivity index (χ1) is 9.11.